The number of aryl methyl sites for hydroxylation is 4. The summed E-state index contributed by atoms with van der Waals surface area (Å²) < 4.78 is 2.47. The van der Waals surface area contributed by atoms with Gasteiger partial charge in [-0.05, 0) is 56.7 Å². The van der Waals surface area contributed by atoms with Crippen molar-refractivity contribution in [3.63, 3.8) is 0 Å². The van der Waals surface area contributed by atoms with Crippen molar-refractivity contribution in [2.24, 2.45) is 0 Å². The summed E-state index contributed by atoms with van der Waals surface area (Å²) in [6.07, 6.45) is 6.78. The summed E-state index contributed by atoms with van der Waals surface area (Å²) in [6, 6.07) is 4.57. The maximum Gasteiger partial charge on any atom is 0.210 e. The molecule has 3 heteroatoms. The van der Waals surface area contributed by atoms with Gasteiger partial charge >= 0.3 is 0 Å². The Labute approximate surface area is 158 Å². The Balaban J connectivity index is 2.12. The van der Waals surface area contributed by atoms with E-state index in [0.29, 0.717) is 0 Å². The topological polar surface area (TPSA) is 21.1 Å². The van der Waals surface area contributed by atoms with Gasteiger partial charge in [-0.25, -0.2) is 4.98 Å². The van der Waals surface area contributed by atoms with Gasteiger partial charge in [-0.1, -0.05) is 51.0 Å². The fourth-order valence-electron chi connectivity index (χ4n) is 4.46. The standard InChI is InChI=1S/C23H33N3/c1-7-10-19(11-8-2)22-20(9-3)24-23-25(12-13-26(22)23)21-17(5)14-16(4)15-18(21)6/h10,14-15H,7-9,11-13H2,1-6H3/b19-10+. The van der Waals surface area contributed by atoms with Crippen molar-refractivity contribution in [2.75, 3.05) is 11.4 Å². The minimum Gasteiger partial charge on any atom is -0.310 e. The summed E-state index contributed by atoms with van der Waals surface area (Å²) >= 11 is 0. The van der Waals surface area contributed by atoms with Gasteiger partial charge in [0.2, 0.25) is 5.95 Å². The van der Waals surface area contributed by atoms with Gasteiger partial charge in [0.25, 0.3) is 0 Å². The molecule has 1 aromatic heterocycles. The third-order valence-electron chi connectivity index (χ3n) is 5.32. The number of hydrogen-bond acceptors (Lipinski definition) is 2. The lowest BCUT2D eigenvalue weighted by Crippen LogP contribution is -2.17. The summed E-state index contributed by atoms with van der Waals surface area (Å²) in [6.45, 7) is 15.4. The molecule has 0 unspecified atom stereocenters. The first-order chi connectivity index (χ1) is 12.5. The van der Waals surface area contributed by atoms with Crippen molar-refractivity contribution in [3.8, 4) is 0 Å². The third kappa shape index (κ3) is 3.20. The van der Waals surface area contributed by atoms with Gasteiger partial charge in [-0.3, -0.25) is 0 Å². The second-order valence-corrected chi connectivity index (χ2v) is 7.50. The van der Waals surface area contributed by atoms with Gasteiger partial charge in [0, 0.05) is 18.8 Å². The van der Waals surface area contributed by atoms with Gasteiger partial charge in [-0.2, -0.15) is 0 Å². The lowest BCUT2D eigenvalue weighted by atomic mass is 10.0. The van der Waals surface area contributed by atoms with Crippen LogP contribution in [0.15, 0.2) is 18.2 Å². The molecule has 26 heavy (non-hydrogen) atoms. The molecule has 2 aromatic rings. The maximum atomic E-state index is 5.11. The molecule has 0 aliphatic carbocycles. The molecule has 1 aromatic carbocycles. The number of aromatic nitrogens is 2. The molecule has 0 saturated carbocycles. The Bertz CT molecular complexity index is 803. The molecule has 1 aliphatic rings. The monoisotopic (exact) mass is 351 g/mol. The zero-order chi connectivity index (χ0) is 18.8. The molecule has 0 fully saturated rings. The second kappa shape index (κ2) is 7.69. The molecule has 3 rings (SSSR count). The predicted octanol–water partition coefficient (Wildman–Crippen LogP) is 6.12. The molecule has 0 bridgehead atoms. The van der Waals surface area contributed by atoms with E-state index in [1.54, 1.807) is 0 Å². The highest BCUT2D eigenvalue weighted by Gasteiger charge is 2.29. The van der Waals surface area contributed by atoms with Crippen molar-refractivity contribution in [2.45, 2.75) is 73.8 Å². The van der Waals surface area contributed by atoms with E-state index in [2.05, 4.69) is 69.2 Å². The SMILES string of the molecule is CC/C=C(\CCC)c1c(CC)nc2n1CCN2c1c(C)cc(C)cc1C. The zero-order valence-corrected chi connectivity index (χ0v) is 17.3. The van der Waals surface area contributed by atoms with Crippen LogP contribution in [0.25, 0.3) is 5.57 Å². The van der Waals surface area contributed by atoms with E-state index in [9.17, 15) is 0 Å². The Hall–Kier alpha value is -2.03. The van der Waals surface area contributed by atoms with Gasteiger partial charge in [0.1, 0.15) is 0 Å². The molecule has 140 valence electrons. The largest absolute Gasteiger partial charge is 0.310 e. The summed E-state index contributed by atoms with van der Waals surface area (Å²) in [5.41, 5.74) is 9.47. The maximum absolute atomic E-state index is 5.11. The molecule has 0 N–H and O–H groups in total. The number of fused-ring (bicyclic) bond motifs is 1. The van der Waals surface area contributed by atoms with Crippen LogP contribution < -0.4 is 4.90 Å². The van der Waals surface area contributed by atoms with E-state index < -0.39 is 0 Å². The Morgan fingerprint density at radius 2 is 1.77 bits per heavy atom. The summed E-state index contributed by atoms with van der Waals surface area (Å²) in [5.74, 6) is 1.13. The van der Waals surface area contributed by atoms with E-state index in [-0.39, 0.29) is 0 Å². The molecule has 0 amide bonds. The zero-order valence-electron chi connectivity index (χ0n) is 17.3. The Morgan fingerprint density at radius 3 is 2.35 bits per heavy atom. The van der Waals surface area contributed by atoms with Crippen LogP contribution in [-0.2, 0) is 13.0 Å². The molecular formula is C23H33N3. The van der Waals surface area contributed by atoms with Crippen LogP contribution in [-0.4, -0.2) is 16.1 Å². The van der Waals surface area contributed by atoms with Gasteiger partial charge in [-0.15, -0.1) is 0 Å². The van der Waals surface area contributed by atoms with Crippen molar-refractivity contribution in [1.29, 1.82) is 0 Å². The van der Waals surface area contributed by atoms with Crippen LogP contribution in [0, 0.1) is 20.8 Å². The molecule has 0 radical (unpaired) electrons. The van der Waals surface area contributed by atoms with Gasteiger partial charge in [0.15, 0.2) is 0 Å². The van der Waals surface area contributed by atoms with Gasteiger partial charge in [0.05, 0.1) is 11.4 Å². The third-order valence-corrected chi connectivity index (χ3v) is 5.32. The average Bonchev–Trinajstić information content (AvgIpc) is 3.13. The number of anilines is 2. The van der Waals surface area contributed by atoms with E-state index in [1.165, 1.54) is 45.8 Å². The molecule has 2 heterocycles. The number of imidazole rings is 1. The Kier molecular flexibility index (Phi) is 5.55. The quantitative estimate of drug-likeness (QED) is 0.625. The summed E-state index contributed by atoms with van der Waals surface area (Å²) in [7, 11) is 0. The van der Waals surface area contributed by atoms with Crippen LogP contribution in [0.1, 0.15) is 68.1 Å². The fourth-order valence-corrected chi connectivity index (χ4v) is 4.46. The smallest absolute Gasteiger partial charge is 0.210 e. The first kappa shape index (κ1) is 18.8. The van der Waals surface area contributed by atoms with E-state index in [1.807, 2.05) is 0 Å². The number of allylic oxidation sites excluding steroid dienone is 2. The predicted molar refractivity (Wildman–Crippen MR) is 112 cm³/mol. The lowest BCUT2D eigenvalue weighted by Gasteiger charge is -2.22. The summed E-state index contributed by atoms with van der Waals surface area (Å²) in [4.78, 5) is 7.54. The minimum absolute atomic E-state index is 0.986. The molecule has 0 spiro atoms. The fraction of sp³-hybridized carbons (Fsp3) is 0.522. The van der Waals surface area contributed by atoms with Crippen LogP contribution >= 0.6 is 0 Å². The molecule has 0 atom stereocenters. The Morgan fingerprint density at radius 1 is 1.08 bits per heavy atom. The molecule has 0 saturated heterocycles. The van der Waals surface area contributed by atoms with Crippen LogP contribution in [0.5, 0.6) is 0 Å². The van der Waals surface area contributed by atoms with Crippen LogP contribution in [0.2, 0.25) is 0 Å². The highest BCUT2D eigenvalue weighted by atomic mass is 15.4. The summed E-state index contributed by atoms with van der Waals surface area (Å²) in [5, 5.41) is 0. The van der Waals surface area contributed by atoms with Crippen molar-refractivity contribution >= 4 is 17.2 Å². The molecular weight excluding hydrogens is 318 g/mol. The highest BCUT2D eigenvalue weighted by Crippen LogP contribution is 2.38. The lowest BCUT2D eigenvalue weighted by molar-refractivity contribution is 0.775. The second-order valence-electron chi connectivity index (χ2n) is 7.50. The average molecular weight is 352 g/mol. The minimum atomic E-state index is 0.986. The molecule has 3 nitrogen and oxygen atoms in total. The number of benzene rings is 1. The highest BCUT2D eigenvalue weighted by molar-refractivity contribution is 5.73. The normalized spacial score (nSPS) is 14.2. The van der Waals surface area contributed by atoms with Crippen LogP contribution in [0.3, 0.4) is 0 Å². The van der Waals surface area contributed by atoms with Crippen molar-refractivity contribution in [3.05, 3.63) is 46.3 Å². The van der Waals surface area contributed by atoms with E-state index in [0.717, 1.165) is 38.3 Å². The first-order valence-corrected chi connectivity index (χ1v) is 10.2. The number of rotatable bonds is 6. The van der Waals surface area contributed by atoms with E-state index in [4.69, 9.17) is 4.98 Å². The molecule has 1 aliphatic heterocycles. The van der Waals surface area contributed by atoms with Gasteiger partial charge < -0.3 is 9.47 Å². The number of hydrogen-bond donors (Lipinski definition) is 0. The van der Waals surface area contributed by atoms with E-state index >= 15 is 0 Å². The first-order valence-electron chi connectivity index (χ1n) is 10.2. The number of nitrogens with zero attached hydrogens (tertiary/aromatic N) is 3. The van der Waals surface area contributed by atoms with Crippen molar-refractivity contribution in [1.82, 2.24) is 9.55 Å². The van der Waals surface area contributed by atoms with Crippen molar-refractivity contribution < 1.29 is 0 Å². The van der Waals surface area contributed by atoms with Crippen LogP contribution in [0.4, 0.5) is 11.6 Å².